The van der Waals surface area contributed by atoms with Gasteiger partial charge in [-0.1, -0.05) is 45.9 Å². The van der Waals surface area contributed by atoms with Gasteiger partial charge in [0.05, 0.1) is 6.54 Å². The topological polar surface area (TPSA) is 61.4 Å². The number of hydrogen-bond acceptors (Lipinski definition) is 5. The number of aromatic nitrogens is 2. The van der Waals surface area contributed by atoms with Crippen molar-refractivity contribution in [3.63, 3.8) is 0 Å². The first-order valence-electron chi connectivity index (χ1n) is 11.0. The van der Waals surface area contributed by atoms with Crippen LogP contribution in [0.15, 0.2) is 36.5 Å². The molecule has 30 heavy (non-hydrogen) atoms. The smallest absolute Gasteiger partial charge is 0.238 e. The number of anilines is 2. The summed E-state index contributed by atoms with van der Waals surface area (Å²) in [4.78, 5) is 17.3. The zero-order valence-corrected chi connectivity index (χ0v) is 18.9. The van der Waals surface area contributed by atoms with Crippen molar-refractivity contribution in [2.24, 2.45) is 0 Å². The Morgan fingerprint density at radius 1 is 1.17 bits per heavy atom. The minimum absolute atomic E-state index is 0.0385. The second kappa shape index (κ2) is 10.0. The van der Waals surface area contributed by atoms with Gasteiger partial charge in [0.15, 0.2) is 5.82 Å². The van der Waals surface area contributed by atoms with E-state index < -0.39 is 0 Å². The van der Waals surface area contributed by atoms with E-state index >= 15 is 0 Å². The minimum Gasteiger partial charge on any atom is -0.351 e. The van der Waals surface area contributed by atoms with Gasteiger partial charge in [0, 0.05) is 31.0 Å². The number of benzene rings is 1. The number of amides is 1. The van der Waals surface area contributed by atoms with Crippen molar-refractivity contribution in [3.05, 3.63) is 47.7 Å². The SMILES string of the molecule is CC(C)c1cccc(C(C)C)c1NC(=O)CN(C)CC1CCCN1c1cccnn1. The third-order valence-electron chi connectivity index (χ3n) is 5.80. The summed E-state index contributed by atoms with van der Waals surface area (Å²) in [6.45, 7) is 10.9. The Balaban J connectivity index is 1.64. The Morgan fingerprint density at radius 3 is 2.47 bits per heavy atom. The molecule has 6 heteroatoms. The van der Waals surface area contributed by atoms with Crippen molar-refractivity contribution in [2.75, 3.05) is 36.9 Å². The molecule has 1 unspecified atom stereocenters. The lowest BCUT2D eigenvalue weighted by molar-refractivity contribution is -0.117. The molecular weight excluding hydrogens is 374 g/mol. The van der Waals surface area contributed by atoms with Gasteiger partial charge in [0.2, 0.25) is 5.91 Å². The number of likely N-dealkylation sites (N-methyl/N-ethyl adjacent to an activating group) is 1. The molecule has 1 N–H and O–H groups in total. The van der Waals surface area contributed by atoms with Crippen molar-refractivity contribution >= 4 is 17.4 Å². The Bertz CT molecular complexity index is 810. The third kappa shape index (κ3) is 5.36. The average molecular weight is 410 g/mol. The number of hydrogen-bond donors (Lipinski definition) is 1. The molecule has 162 valence electrons. The van der Waals surface area contributed by atoms with Crippen LogP contribution in [0.4, 0.5) is 11.5 Å². The van der Waals surface area contributed by atoms with Crippen LogP contribution in [0.25, 0.3) is 0 Å². The van der Waals surface area contributed by atoms with Gasteiger partial charge in [-0.3, -0.25) is 9.69 Å². The van der Waals surface area contributed by atoms with E-state index in [2.05, 4.69) is 71.2 Å². The van der Waals surface area contributed by atoms with Gasteiger partial charge in [0.25, 0.3) is 0 Å². The molecule has 3 rings (SSSR count). The Labute approximate surface area is 180 Å². The Hall–Kier alpha value is -2.47. The number of rotatable bonds is 8. The Morgan fingerprint density at radius 2 is 1.87 bits per heavy atom. The summed E-state index contributed by atoms with van der Waals surface area (Å²) < 4.78 is 0. The molecule has 2 aromatic rings. The number of para-hydroxylation sites is 1. The molecule has 1 aliphatic heterocycles. The van der Waals surface area contributed by atoms with Crippen molar-refractivity contribution in [1.82, 2.24) is 15.1 Å². The van der Waals surface area contributed by atoms with Crippen molar-refractivity contribution in [1.29, 1.82) is 0 Å². The van der Waals surface area contributed by atoms with Crippen LogP contribution in [0, 0.1) is 0 Å². The summed E-state index contributed by atoms with van der Waals surface area (Å²) in [7, 11) is 2.02. The summed E-state index contributed by atoms with van der Waals surface area (Å²) in [5.74, 6) is 1.67. The second-order valence-electron chi connectivity index (χ2n) is 8.94. The highest BCUT2D eigenvalue weighted by Crippen LogP contribution is 2.32. The predicted octanol–water partition coefficient (Wildman–Crippen LogP) is 4.26. The highest BCUT2D eigenvalue weighted by atomic mass is 16.2. The maximum absolute atomic E-state index is 12.9. The molecular formula is C24H35N5O. The monoisotopic (exact) mass is 409 g/mol. The maximum atomic E-state index is 12.9. The summed E-state index contributed by atoms with van der Waals surface area (Å²) >= 11 is 0. The average Bonchev–Trinajstić information content (AvgIpc) is 3.16. The molecule has 1 aromatic heterocycles. The lowest BCUT2D eigenvalue weighted by Gasteiger charge is -2.29. The van der Waals surface area contributed by atoms with Gasteiger partial charge in [0.1, 0.15) is 0 Å². The largest absolute Gasteiger partial charge is 0.351 e. The van der Waals surface area contributed by atoms with Crippen LogP contribution in [0.2, 0.25) is 0 Å². The molecule has 0 saturated carbocycles. The first-order chi connectivity index (χ1) is 14.4. The lowest BCUT2D eigenvalue weighted by atomic mass is 9.92. The highest BCUT2D eigenvalue weighted by Gasteiger charge is 2.27. The van der Waals surface area contributed by atoms with E-state index in [1.54, 1.807) is 6.20 Å². The van der Waals surface area contributed by atoms with Crippen molar-refractivity contribution in [3.8, 4) is 0 Å². The third-order valence-corrected chi connectivity index (χ3v) is 5.80. The number of nitrogens with zero attached hydrogens (tertiary/aromatic N) is 4. The molecule has 1 aromatic carbocycles. The van der Waals surface area contributed by atoms with Gasteiger partial charge in [-0.2, -0.15) is 5.10 Å². The van der Waals surface area contributed by atoms with Crippen LogP contribution < -0.4 is 10.2 Å². The van der Waals surface area contributed by atoms with Gasteiger partial charge < -0.3 is 10.2 Å². The number of carbonyl (C=O) groups is 1. The first-order valence-corrected chi connectivity index (χ1v) is 11.0. The van der Waals surface area contributed by atoms with Crippen LogP contribution in [0.5, 0.6) is 0 Å². The zero-order chi connectivity index (χ0) is 21.7. The normalized spacial score (nSPS) is 16.7. The summed E-state index contributed by atoms with van der Waals surface area (Å²) in [5.41, 5.74) is 3.38. The fourth-order valence-corrected chi connectivity index (χ4v) is 4.32. The van der Waals surface area contributed by atoms with E-state index in [0.29, 0.717) is 24.4 Å². The van der Waals surface area contributed by atoms with Gasteiger partial charge in [-0.15, -0.1) is 5.10 Å². The fourth-order valence-electron chi connectivity index (χ4n) is 4.32. The minimum atomic E-state index is 0.0385. The van der Waals surface area contributed by atoms with Crippen LogP contribution in [0.3, 0.4) is 0 Å². The van der Waals surface area contributed by atoms with Crippen molar-refractivity contribution in [2.45, 2.75) is 58.4 Å². The van der Waals surface area contributed by atoms with Gasteiger partial charge in [-0.05, 0) is 55.0 Å². The van der Waals surface area contributed by atoms with E-state index in [4.69, 9.17) is 0 Å². The molecule has 1 atom stereocenters. The first kappa shape index (κ1) is 22.2. The molecule has 0 radical (unpaired) electrons. The molecule has 6 nitrogen and oxygen atoms in total. The lowest BCUT2D eigenvalue weighted by Crippen LogP contribution is -2.42. The molecule has 1 saturated heterocycles. The molecule has 1 amide bonds. The molecule has 2 heterocycles. The van der Waals surface area contributed by atoms with Crippen molar-refractivity contribution < 1.29 is 4.79 Å². The number of carbonyl (C=O) groups excluding carboxylic acids is 1. The van der Waals surface area contributed by atoms with Crippen LogP contribution >= 0.6 is 0 Å². The standard InChI is InChI=1S/C24H35N5O/c1-17(2)20-10-6-11-21(18(3)4)24(20)26-23(30)16-28(5)15-19-9-8-14-29(19)22-12-7-13-25-27-22/h6-7,10-13,17-19H,8-9,14-16H2,1-5H3,(H,26,30). The molecule has 0 bridgehead atoms. The molecule has 1 aliphatic rings. The van der Waals surface area contributed by atoms with Gasteiger partial charge >= 0.3 is 0 Å². The quantitative estimate of drug-likeness (QED) is 0.706. The molecule has 0 aliphatic carbocycles. The predicted molar refractivity (Wildman–Crippen MR) is 123 cm³/mol. The van der Waals surface area contributed by atoms with E-state index in [1.165, 1.54) is 11.1 Å². The second-order valence-corrected chi connectivity index (χ2v) is 8.94. The number of nitrogens with one attached hydrogen (secondary N) is 1. The molecule has 0 spiro atoms. The van der Waals surface area contributed by atoms with Gasteiger partial charge in [-0.25, -0.2) is 0 Å². The van der Waals surface area contributed by atoms with Crippen LogP contribution in [-0.2, 0) is 4.79 Å². The summed E-state index contributed by atoms with van der Waals surface area (Å²) in [5, 5.41) is 11.5. The van der Waals surface area contributed by atoms with E-state index in [9.17, 15) is 4.79 Å². The van der Waals surface area contributed by atoms with Crippen LogP contribution in [0.1, 0.15) is 63.5 Å². The van der Waals surface area contributed by atoms with E-state index in [0.717, 1.165) is 37.4 Å². The van der Waals surface area contributed by atoms with Crippen LogP contribution in [-0.4, -0.2) is 53.7 Å². The van der Waals surface area contributed by atoms with E-state index in [-0.39, 0.29) is 5.91 Å². The zero-order valence-electron chi connectivity index (χ0n) is 18.9. The Kier molecular flexibility index (Phi) is 7.43. The highest BCUT2D eigenvalue weighted by molar-refractivity contribution is 5.94. The maximum Gasteiger partial charge on any atom is 0.238 e. The van der Waals surface area contributed by atoms with E-state index in [1.807, 2.05) is 19.2 Å². The molecule has 1 fully saturated rings. The summed E-state index contributed by atoms with van der Waals surface area (Å²) in [6.07, 6.45) is 3.95. The summed E-state index contributed by atoms with van der Waals surface area (Å²) in [6, 6.07) is 10.6. The fraction of sp³-hybridized carbons (Fsp3) is 0.542.